The highest BCUT2D eigenvalue weighted by Crippen LogP contribution is 2.33. The molecule has 0 saturated carbocycles. The number of methoxy groups -OCH3 is 1. The van der Waals surface area contributed by atoms with Gasteiger partial charge in [-0.05, 0) is 6.42 Å². The van der Waals surface area contributed by atoms with Gasteiger partial charge in [-0.15, -0.1) is 0 Å². The van der Waals surface area contributed by atoms with Gasteiger partial charge in [0.15, 0.2) is 0 Å². The standard InChI is InChI=1S/C17H30N2O10/c1-4-5-6-18-16(25)19-9-28-17(15(24)26-3)7-11(21)13(23)14(29-17)12(22)8-27-10(2)20/h11-14,21-23H,4-9H2,1-3H3,(H2,18,19,25)/t11-,12-,13-,14?,17-/m1/s1. The maximum Gasteiger partial charge on any atom is 0.366 e. The Hall–Kier alpha value is -1.99. The van der Waals surface area contributed by atoms with E-state index in [1.165, 1.54) is 0 Å². The van der Waals surface area contributed by atoms with Crippen LogP contribution >= 0.6 is 0 Å². The van der Waals surface area contributed by atoms with Gasteiger partial charge < -0.3 is 44.9 Å². The number of carbonyl (C=O) groups is 3. The average molecular weight is 422 g/mol. The molecule has 0 aromatic heterocycles. The molecule has 29 heavy (non-hydrogen) atoms. The van der Waals surface area contributed by atoms with E-state index in [0.717, 1.165) is 26.9 Å². The van der Waals surface area contributed by atoms with Gasteiger partial charge in [0.05, 0.1) is 13.2 Å². The molecule has 1 aliphatic heterocycles. The summed E-state index contributed by atoms with van der Waals surface area (Å²) in [5.41, 5.74) is 0. The third kappa shape index (κ3) is 7.40. The molecule has 0 aliphatic carbocycles. The number of aliphatic hydroxyl groups excluding tert-OH is 3. The number of rotatable bonds is 10. The van der Waals surface area contributed by atoms with Crippen LogP contribution < -0.4 is 10.6 Å². The smallest absolute Gasteiger partial charge is 0.366 e. The number of nitrogens with one attached hydrogen (secondary N) is 2. The Morgan fingerprint density at radius 1 is 1.28 bits per heavy atom. The van der Waals surface area contributed by atoms with E-state index in [4.69, 9.17) is 9.47 Å². The highest BCUT2D eigenvalue weighted by molar-refractivity contribution is 5.78. The SMILES string of the molecule is CCCCNC(=O)NCO[C@]1(C(=O)OC)C[C@@H](O)[C@@H](O)C([C@H](O)COC(C)=O)O1. The average Bonchev–Trinajstić information content (AvgIpc) is 2.68. The minimum absolute atomic E-state index is 0.455. The van der Waals surface area contributed by atoms with Crippen molar-refractivity contribution < 1.29 is 48.7 Å². The molecule has 1 heterocycles. The minimum Gasteiger partial charge on any atom is -0.465 e. The lowest BCUT2D eigenvalue weighted by Crippen LogP contribution is -2.63. The van der Waals surface area contributed by atoms with Crippen molar-refractivity contribution in [3.63, 3.8) is 0 Å². The normalized spacial score (nSPS) is 27.6. The van der Waals surface area contributed by atoms with Gasteiger partial charge in [-0.25, -0.2) is 9.59 Å². The molecule has 1 unspecified atom stereocenters. The fourth-order valence-electron chi connectivity index (χ4n) is 2.65. The zero-order chi connectivity index (χ0) is 22.0. The van der Waals surface area contributed by atoms with Crippen molar-refractivity contribution >= 4 is 18.0 Å². The van der Waals surface area contributed by atoms with Crippen molar-refractivity contribution in [1.82, 2.24) is 10.6 Å². The summed E-state index contributed by atoms with van der Waals surface area (Å²) in [6.45, 7) is 2.52. The highest BCUT2D eigenvalue weighted by atomic mass is 16.7. The zero-order valence-electron chi connectivity index (χ0n) is 16.8. The first-order valence-corrected chi connectivity index (χ1v) is 9.26. The van der Waals surface area contributed by atoms with Crippen molar-refractivity contribution in [3.8, 4) is 0 Å². The van der Waals surface area contributed by atoms with Crippen molar-refractivity contribution in [2.75, 3.05) is 27.0 Å². The Labute approximate surface area is 168 Å². The van der Waals surface area contributed by atoms with Gasteiger partial charge in [0.2, 0.25) is 0 Å². The fourth-order valence-corrected chi connectivity index (χ4v) is 2.65. The van der Waals surface area contributed by atoms with Gasteiger partial charge in [-0.2, -0.15) is 0 Å². The quantitative estimate of drug-likeness (QED) is 0.156. The molecule has 1 fully saturated rings. The lowest BCUT2D eigenvalue weighted by Gasteiger charge is -2.44. The van der Waals surface area contributed by atoms with E-state index in [-0.39, 0.29) is 0 Å². The van der Waals surface area contributed by atoms with Crippen LogP contribution in [-0.4, -0.2) is 90.5 Å². The third-order valence-electron chi connectivity index (χ3n) is 4.22. The summed E-state index contributed by atoms with van der Waals surface area (Å²) in [7, 11) is 1.06. The lowest BCUT2D eigenvalue weighted by atomic mass is 9.92. The van der Waals surface area contributed by atoms with E-state index >= 15 is 0 Å². The molecule has 0 radical (unpaired) electrons. The van der Waals surface area contributed by atoms with E-state index in [1.807, 2.05) is 6.92 Å². The second-order valence-corrected chi connectivity index (χ2v) is 6.53. The number of amides is 2. The van der Waals surface area contributed by atoms with Crippen LogP contribution in [0.15, 0.2) is 0 Å². The molecule has 0 aromatic rings. The Bertz CT molecular complexity index is 560. The molecule has 168 valence electrons. The first-order chi connectivity index (χ1) is 13.7. The number of hydrogen-bond acceptors (Lipinski definition) is 10. The van der Waals surface area contributed by atoms with Crippen molar-refractivity contribution in [2.45, 2.75) is 63.3 Å². The number of esters is 2. The molecular formula is C17H30N2O10. The predicted molar refractivity (Wildman–Crippen MR) is 96.3 cm³/mol. The maximum atomic E-state index is 12.3. The second-order valence-electron chi connectivity index (χ2n) is 6.53. The van der Waals surface area contributed by atoms with Crippen LogP contribution in [0.5, 0.6) is 0 Å². The van der Waals surface area contributed by atoms with E-state index in [1.54, 1.807) is 0 Å². The van der Waals surface area contributed by atoms with Crippen molar-refractivity contribution in [2.24, 2.45) is 0 Å². The minimum atomic E-state index is -2.20. The number of urea groups is 1. The van der Waals surface area contributed by atoms with E-state index in [2.05, 4.69) is 20.1 Å². The number of unbranched alkanes of at least 4 members (excludes halogenated alkanes) is 1. The Kier molecular flexibility index (Phi) is 10.3. The van der Waals surface area contributed by atoms with Gasteiger partial charge in [0, 0.05) is 19.9 Å². The Balaban J connectivity index is 2.83. The Morgan fingerprint density at radius 2 is 1.97 bits per heavy atom. The molecule has 5 atom stereocenters. The molecule has 1 aliphatic rings. The maximum absolute atomic E-state index is 12.3. The molecule has 12 heteroatoms. The topological polar surface area (TPSA) is 173 Å². The number of aliphatic hydroxyl groups is 3. The number of ether oxygens (including phenoxy) is 4. The monoisotopic (exact) mass is 422 g/mol. The van der Waals surface area contributed by atoms with Crippen LogP contribution in [0.4, 0.5) is 4.79 Å². The van der Waals surface area contributed by atoms with Crippen LogP contribution in [-0.2, 0) is 28.5 Å². The summed E-state index contributed by atoms with van der Waals surface area (Å²) in [5, 5.41) is 35.4. The summed E-state index contributed by atoms with van der Waals surface area (Å²) in [6, 6.07) is -0.540. The van der Waals surface area contributed by atoms with Gasteiger partial charge in [-0.1, -0.05) is 13.3 Å². The first kappa shape index (κ1) is 25.0. The number of hydrogen-bond donors (Lipinski definition) is 5. The van der Waals surface area contributed by atoms with Crippen LogP contribution in [0.25, 0.3) is 0 Å². The van der Waals surface area contributed by atoms with Crippen LogP contribution in [0.2, 0.25) is 0 Å². The van der Waals surface area contributed by atoms with Gasteiger partial charge in [-0.3, -0.25) is 4.79 Å². The summed E-state index contributed by atoms with van der Waals surface area (Å²) in [5.74, 6) is -3.92. The molecule has 1 saturated heterocycles. The first-order valence-electron chi connectivity index (χ1n) is 9.26. The highest BCUT2D eigenvalue weighted by Gasteiger charge is 2.55. The van der Waals surface area contributed by atoms with Crippen LogP contribution in [0.3, 0.4) is 0 Å². The summed E-state index contributed by atoms with van der Waals surface area (Å²) < 4.78 is 20.2. The van der Waals surface area contributed by atoms with Crippen LogP contribution in [0.1, 0.15) is 33.1 Å². The molecule has 0 aromatic carbocycles. The van der Waals surface area contributed by atoms with E-state index in [0.29, 0.717) is 6.54 Å². The van der Waals surface area contributed by atoms with E-state index < -0.39 is 67.9 Å². The van der Waals surface area contributed by atoms with Crippen LogP contribution in [0, 0.1) is 0 Å². The summed E-state index contributed by atoms with van der Waals surface area (Å²) in [6.07, 6.45) is -5.05. The van der Waals surface area contributed by atoms with E-state index in [9.17, 15) is 29.7 Å². The molecule has 5 N–H and O–H groups in total. The summed E-state index contributed by atoms with van der Waals surface area (Å²) in [4.78, 5) is 34.9. The molecular weight excluding hydrogens is 392 g/mol. The molecule has 0 bridgehead atoms. The molecule has 2 amide bonds. The zero-order valence-corrected chi connectivity index (χ0v) is 16.8. The fraction of sp³-hybridized carbons (Fsp3) is 0.824. The van der Waals surface area contributed by atoms with Crippen molar-refractivity contribution in [1.29, 1.82) is 0 Å². The predicted octanol–water partition coefficient (Wildman–Crippen LogP) is -1.64. The third-order valence-corrected chi connectivity index (χ3v) is 4.22. The molecule has 0 spiro atoms. The largest absolute Gasteiger partial charge is 0.465 e. The second kappa shape index (κ2) is 11.9. The van der Waals surface area contributed by atoms with Gasteiger partial charge >= 0.3 is 18.0 Å². The molecule has 12 nitrogen and oxygen atoms in total. The number of carbonyl (C=O) groups excluding carboxylic acids is 3. The van der Waals surface area contributed by atoms with Gasteiger partial charge in [0.25, 0.3) is 5.79 Å². The summed E-state index contributed by atoms with van der Waals surface area (Å²) >= 11 is 0. The molecule has 1 rings (SSSR count). The van der Waals surface area contributed by atoms with Crippen molar-refractivity contribution in [3.05, 3.63) is 0 Å². The lowest BCUT2D eigenvalue weighted by molar-refractivity contribution is -0.325. The Morgan fingerprint density at radius 3 is 2.55 bits per heavy atom. The van der Waals surface area contributed by atoms with Gasteiger partial charge in [0.1, 0.15) is 31.6 Å².